The Bertz CT molecular complexity index is 980. The number of hydrogen-bond donors (Lipinski definition) is 1. The lowest BCUT2D eigenvalue weighted by molar-refractivity contribution is 0.0932. The molecule has 0 spiro atoms. The van der Waals surface area contributed by atoms with Crippen molar-refractivity contribution in [2.45, 2.75) is 58.5 Å². The number of aryl methyl sites for hydroxylation is 1. The summed E-state index contributed by atoms with van der Waals surface area (Å²) >= 11 is 0. The minimum absolute atomic E-state index is 0.0263. The number of nitrogens with one attached hydrogen (secondary N) is 1. The molecule has 3 aromatic rings. The van der Waals surface area contributed by atoms with Gasteiger partial charge in [0.2, 0.25) is 0 Å². The van der Waals surface area contributed by atoms with Crippen LogP contribution in [0.5, 0.6) is 0 Å². The van der Waals surface area contributed by atoms with E-state index >= 15 is 0 Å². The number of carbonyl (C=O) groups is 1. The molecular weight excluding hydrogens is 330 g/mol. The lowest BCUT2D eigenvalue weighted by atomic mass is 9.92. The largest absolute Gasteiger partial charge is 0.345 e. The molecule has 0 fully saturated rings. The summed E-state index contributed by atoms with van der Waals surface area (Å²) in [5.41, 5.74) is 3.96. The van der Waals surface area contributed by atoms with E-state index < -0.39 is 0 Å². The quantitative estimate of drug-likeness (QED) is 0.764. The van der Waals surface area contributed by atoms with Crippen molar-refractivity contribution in [3.05, 3.63) is 41.0 Å². The lowest BCUT2D eigenvalue weighted by Gasteiger charge is -2.28. The molecule has 1 unspecified atom stereocenters. The number of pyridine rings is 1. The van der Waals surface area contributed by atoms with E-state index in [9.17, 15) is 4.79 Å². The van der Waals surface area contributed by atoms with E-state index in [4.69, 9.17) is 4.52 Å². The van der Waals surface area contributed by atoms with Gasteiger partial charge in [-0.05, 0) is 53.0 Å². The second-order valence-corrected chi connectivity index (χ2v) is 7.89. The zero-order valence-corrected chi connectivity index (χ0v) is 15.5. The smallest absolute Gasteiger partial charge is 0.257 e. The third-order valence-electron chi connectivity index (χ3n) is 4.90. The van der Waals surface area contributed by atoms with Crippen molar-refractivity contribution >= 4 is 17.0 Å². The third kappa shape index (κ3) is 2.77. The minimum Gasteiger partial charge on any atom is -0.345 e. The molecular formula is C19H23N5O2. The van der Waals surface area contributed by atoms with Gasteiger partial charge in [-0.15, -0.1) is 0 Å². The number of amides is 1. The predicted octanol–water partition coefficient (Wildman–Crippen LogP) is 3.29. The van der Waals surface area contributed by atoms with Crippen LogP contribution in [0.15, 0.2) is 23.0 Å². The van der Waals surface area contributed by atoms with E-state index in [1.165, 1.54) is 11.9 Å². The maximum atomic E-state index is 12.8. The Balaban J connectivity index is 1.61. The summed E-state index contributed by atoms with van der Waals surface area (Å²) in [5.74, 6) is -0.138. The van der Waals surface area contributed by atoms with E-state index in [2.05, 4.69) is 46.0 Å². The van der Waals surface area contributed by atoms with Gasteiger partial charge in [-0.25, -0.2) is 4.98 Å². The summed E-state index contributed by atoms with van der Waals surface area (Å²) in [6, 6.07) is 1.76. The van der Waals surface area contributed by atoms with Gasteiger partial charge in [-0.2, -0.15) is 5.10 Å². The van der Waals surface area contributed by atoms with E-state index in [-0.39, 0.29) is 17.5 Å². The summed E-state index contributed by atoms with van der Waals surface area (Å²) in [4.78, 5) is 17.0. The van der Waals surface area contributed by atoms with Crippen LogP contribution in [-0.4, -0.2) is 25.8 Å². The van der Waals surface area contributed by atoms with Gasteiger partial charge in [0, 0.05) is 17.5 Å². The average molecular weight is 353 g/mol. The molecule has 0 aliphatic heterocycles. The first-order valence-corrected chi connectivity index (χ1v) is 8.95. The third-order valence-corrected chi connectivity index (χ3v) is 4.90. The molecule has 1 aliphatic carbocycles. The van der Waals surface area contributed by atoms with E-state index in [0.29, 0.717) is 11.3 Å². The van der Waals surface area contributed by atoms with Crippen molar-refractivity contribution < 1.29 is 9.32 Å². The van der Waals surface area contributed by atoms with Gasteiger partial charge in [-0.1, -0.05) is 5.16 Å². The molecule has 1 atom stereocenters. The molecule has 136 valence electrons. The highest BCUT2D eigenvalue weighted by Crippen LogP contribution is 2.32. The lowest BCUT2D eigenvalue weighted by Crippen LogP contribution is -2.32. The van der Waals surface area contributed by atoms with Gasteiger partial charge in [0.1, 0.15) is 0 Å². The molecule has 0 bridgehead atoms. The highest BCUT2D eigenvalue weighted by Gasteiger charge is 2.29. The standard InChI is InChI=1S/C19H23N5O2/c1-11-13-8-12(9-20-18(13)26-23-11)17(25)22-15-6-5-7-16-14(15)10-21-24(16)19(2,3)4/h8-10,15H,5-7H2,1-4H3,(H,22,25). The van der Waals surface area contributed by atoms with Crippen molar-refractivity contribution in [2.24, 2.45) is 0 Å². The first-order valence-electron chi connectivity index (χ1n) is 8.95. The summed E-state index contributed by atoms with van der Waals surface area (Å²) in [6.45, 7) is 8.27. The Morgan fingerprint density at radius 3 is 2.92 bits per heavy atom. The van der Waals surface area contributed by atoms with Gasteiger partial charge in [0.25, 0.3) is 11.6 Å². The summed E-state index contributed by atoms with van der Waals surface area (Å²) in [6.07, 6.45) is 6.37. The minimum atomic E-state index is -0.138. The van der Waals surface area contributed by atoms with Crippen LogP contribution in [0.3, 0.4) is 0 Å². The topological polar surface area (TPSA) is 85.8 Å². The zero-order valence-electron chi connectivity index (χ0n) is 15.5. The Labute approximate surface area is 151 Å². The Kier molecular flexibility index (Phi) is 3.82. The van der Waals surface area contributed by atoms with Crippen LogP contribution in [0.4, 0.5) is 0 Å². The van der Waals surface area contributed by atoms with Gasteiger partial charge in [0.05, 0.1) is 34.4 Å². The van der Waals surface area contributed by atoms with Crippen LogP contribution in [0.25, 0.3) is 11.1 Å². The molecule has 3 aromatic heterocycles. The number of carbonyl (C=O) groups excluding carboxylic acids is 1. The van der Waals surface area contributed by atoms with Crippen molar-refractivity contribution in [3.8, 4) is 0 Å². The van der Waals surface area contributed by atoms with Crippen molar-refractivity contribution in [3.63, 3.8) is 0 Å². The molecule has 26 heavy (non-hydrogen) atoms. The number of rotatable bonds is 2. The number of fused-ring (bicyclic) bond motifs is 2. The summed E-state index contributed by atoms with van der Waals surface area (Å²) in [5, 5.41) is 12.4. The van der Waals surface area contributed by atoms with Crippen LogP contribution < -0.4 is 5.32 Å². The normalized spacial score (nSPS) is 17.3. The highest BCUT2D eigenvalue weighted by molar-refractivity contribution is 5.97. The monoisotopic (exact) mass is 353 g/mol. The number of hydrogen-bond acceptors (Lipinski definition) is 5. The Hall–Kier alpha value is -2.70. The molecule has 0 saturated heterocycles. The van der Waals surface area contributed by atoms with Crippen molar-refractivity contribution in [2.75, 3.05) is 0 Å². The molecule has 0 saturated carbocycles. The fraction of sp³-hybridized carbons (Fsp3) is 0.474. The van der Waals surface area contributed by atoms with Crippen LogP contribution in [-0.2, 0) is 12.0 Å². The van der Waals surface area contributed by atoms with Crippen molar-refractivity contribution in [1.29, 1.82) is 0 Å². The molecule has 1 amide bonds. The number of aromatic nitrogens is 4. The van der Waals surface area contributed by atoms with E-state index in [1.807, 2.05) is 13.1 Å². The second-order valence-electron chi connectivity index (χ2n) is 7.89. The average Bonchev–Trinajstić information content (AvgIpc) is 3.19. The van der Waals surface area contributed by atoms with Crippen LogP contribution in [0, 0.1) is 6.92 Å². The molecule has 3 heterocycles. The molecule has 1 aliphatic rings. The SMILES string of the molecule is Cc1noc2ncc(C(=O)NC3CCCc4c3cnn4C(C)(C)C)cc12. The van der Waals surface area contributed by atoms with E-state index in [1.54, 1.807) is 6.07 Å². The number of nitrogens with zero attached hydrogens (tertiary/aromatic N) is 4. The van der Waals surface area contributed by atoms with Crippen LogP contribution in [0.1, 0.15) is 67.0 Å². The first kappa shape index (κ1) is 16.8. The molecule has 7 nitrogen and oxygen atoms in total. The molecule has 4 rings (SSSR count). The van der Waals surface area contributed by atoms with Crippen LogP contribution in [0.2, 0.25) is 0 Å². The van der Waals surface area contributed by atoms with Gasteiger partial charge >= 0.3 is 0 Å². The van der Waals surface area contributed by atoms with E-state index in [0.717, 1.165) is 35.9 Å². The zero-order chi connectivity index (χ0) is 18.5. The molecule has 0 radical (unpaired) electrons. The summed E-state index contributed by atoms with van der Waals surface area (Å²) in [7, 11) is 0. The Morgan fingerprint density at radius 1 is 1.35 bits per heavy atom. The fourth-order valence-corrected chi connectivity index (χ4v) is 3.60. The fourth-order valence-electron chi connectivity index (χ4n) is 3.60. The highest BCUT2D eigenvalue weighted by atomic mass is 16.5. The van der Waals surface area contributed by atoms with Gasteiger partial charge < -0.3 is 9.84 Å². The van der Waals surface area contributed by atoms with Crippen molar-refractivity contribution in [1.82, 2.24) is 25.2 Å². The van der Waals surface area contributed by atoms with Crippen LogP contribution >= 0.6 is 0 Å². The maximum absolute atomic E-state index is 12.8. The summed E-state index contributed by atoms with van der Waals surface area (Å²) < 4.78 is 7.19. The molecule has 0 aromatic carbocycles. The first-order chi connectivity index (χ1) is 12.3. The predicted molar refractivity (Wildman–Crippen MR) is 96.9 cm³/mol. The van der Waals surface area contributed by atoms with Gasteiger partial charge in [0.15, 0.2) is 0 Å². The molecule has 1 N–H and O–H groups in total. The molecule has 7 heteroatoms. The van der Waals surface area contributed by atoms with Gasteiger partial charge in [-0.3, -0.25) is 9.48 Å². The maximum Gasteiger partial charge on any atom is 0.257 e. The Morgan fingerprint density at radius 2 is 2.15 bits per heavy atom. The second kappa shape index (κ2) is 5.93.